The van der Waals surface area contributed by atoms with Crippen molar-refractivity contribution in [3.63, 3.8) is 0 Å². The van der Waals surface area contributed by atoms with Gasteiger partial charge in [0.2, 0.25) is 17.6 Å². The van der Waals surface area contributed by atoms with Crippen LogP contribution in [0.1, 0.15) is 34.5 Å². The summed E-state index contributed by atoms with van der Waals surface area (Å²) in [4.78, 5) is 26.0. The molecule has 0 bridgehead atoms. The number of carbonyl (C=O) groups is 2. The summed E-state index contributed by atoms with van der Waals surface area (Å²) in [5.41, 5.74) is 1.42. The van der Waals surface area contributed by atoms with E-state index in [1.807, 2.05) is 30.3 Å². The fraction of sp³-hybridized carbons (Fsp3) is 0.235. The van der Waals surface area contributed by atoms with Crippen LogP contribution in [0.3, 0.4) is 0 Å². The van der Waals surface area contributed by atoms with E-state index in [2.05, 4.69) is 20.7 Å². The Bertz CT molecular complexity index is 949. The molecule has 9 heteroatoms. The van der Waals surface area contributed by atoms with Gasteiger partial charge < -0.3 is 13.8 Å². The maximum Gasteiger partial charge on any atom is 0.322 e. The maximum atomic E-state index is 12.3. The van der Waals surface area contributed by atoms with Gasteiger partial charge in [0.05, 0.1) is 11.6 Å². The lowest BCUT2D eigenvalue weighted by molar-refractivity contribution is -0.117. The van der Waals surface area contributed by atoms with Gasteiger partial charge in [0.1, 0.15) is 0 Å². The van der Waals surface area contributed by atoms with E-state index < -0.39 is 5.91 Å². The number of hydrogen-bond donors (Lipinski definition) is 1. The zero-order valence-corrected chi connectivity index (χ0v) is 13.9. The number of benzene rings is 1. The van der Waals surface area contributed by atoms with Gasteiger partial charge in [0, 0.05) is 24.7 Å². The average molecular weight is 353 g/mol. The maximum absolute atomic E-state index is 12.3. The molecule has 2 amide bonds. The number of nitrogens with one attached hydrogen (secondary N) is 1. The predicted molar refractivity (Wildman–Crippen MR) is 89.6 cm³/mol. The Morgan fingerprint density at radius 1 is 1.27 bits per heavy atom. The van der Waals surface area contributed by atoms with Crippen LogP contribution in [0.4, 0.5) is 11.7 Å². The molecule has 1 aliphatic rings. The molecule has 132 valence electrons. The van der Waals surface area contributed by atoms with Crippen molar-refractivity contribution in [1.82, 2.24) is 15.4 Å². The second-order valence-electron chi connectivity index (χ2n) is 5.97. The van der Waals surface area contributed by atoms with Gasteiger partial charge in [-0.3, -0.25) is 14.9 Å². The number of para-hydroxylation sites is 1. The van der Waals surface area contributed by atoms with Crippen LogP contribution in [-0.4, -0.2) is 33.7 Å². The first kappa shape index (κ1) is 16.0. The summed E-state index contributed by atoms with van der Waals surface area (Å²) in [7, 11) is 0. The number of rotatable bonds is 4. The third-order valence-electron chi connectivity index (χ3n) is 4.05. The number of amides is 2. The van der Waals surface area contributed by atoms with Crippen LogP contribution in [0.2, 0.25) is 0 Å². The molecular weight excluding hydrogens is 338 g/mol. The number of hydrogen-bond acceptors (Lipinski definition) is 7. The first-order valence-corrected chi connectivity index (χ1v) is 8.03. The lowest BCUT2D eigenvalue weighted by Gasteiger charge is -2.15. The average Bonchev–Trinajstić information content (AvgIpc) is 3.36. The Hall–Kier alpha value is -3.49. The zero-order chi connectivity index (χ0) is 18.1. The number of carbonyl (C=O) groups excluding carboxylic acids is 2. The van der Waals surface area contributed by atoms with Gasteiger partial charge in [0.25, 0.3) is 5.91 Å². The van der Waals surface area contributed by atoms with E-state index >= 15 is 0 Å². The van der Waals surface area contributed by atoms with Crippen molar-refractivity contribution in [2.75, 3.05) is 16.8 Å². The van der Waals surface area contributed by atoms with Gasteiger partial charge in [-0.15, -0.1) is 5.10 Å². The van der Waals surface area contributed by atoms with Crippen LogP contribution in [-0.2, 0) is 4.79 Å². The normalized spacial score (nSPS) is 16.9. The zero-order valence-electron chi connectivity index (χ0n) is 13.9. The summed E-state index contributed by atoms with van der Waals surface area (Å²) >= 11 is 0. The van der Waals surface area contributed by atoms with E-state index in [1.165, 1.54) is 6.07 Å². The SMILES string of the molecule is Cc1cc(C(=O)Nc2nnc(C3CC(=O)N(c4ccccc4)C3)o2)on1. The molecule has 2 aromatic heterocycles. The van der Waals surface area contributed by atoms with Crippen LogP contribution >= 0.6 is 0 Å². The topological polar surface area (TPSA) is 114 Å². The monoisotopic (exact) mass is 353 g/mol. The van der Waals surface area contributed by atoms with Crippen molar-refractivity contribution >= 4 is 23.5 Å². The van der Waals surface area contributed by atoms with Crippen molar-refractivity contribution in [1.29, 1.82) is 0 Å². The Balaban J connectivity index is 1.45. The van der Waals surface area contributed by atoms with Crippen molar-refractivity contribution in [2.24, 2.45) is 0 Å². The van der Waals surface area contributed by atoms with Gasteiger partial charge in [0.15, 0.2) is 0 Å². The van der Waals surface area contributed by atoms with E-state index in [0.717, 1.165) is 5.69 Å². The van der Waals surface area contributed by atoms with Crippen LogP contribution in [0.5, 0.6) is 0 Å². The molecule has 0 radical (unpaired) electrons. The molecule has 26 heavy (non-hydrogen) atoms. The number of nitrogens with zero attached hydrogens (tertiary/aromatic N) is 4. The molecular formula is C17H15N5O4. The highest BCUT2D eigenvalue weighted by Crippen LogP contribution is 2.31. The second kappa shape index (κ2) is 6.43. The third-order valence-corrected chi connectivity index (χ3v) is 4.05. The number of aryl methyl sites for hydroxylation is 1. The van der Waals surface area contributed by atoms with E-state index in [0.29, 0.717) is 18.1 Å². The molecule has 0 saturated carbocycles. The lowest BCUT2D eigenvalue weighted by Crippen LogP contribution is -2.24. The Kier molecular flexibility index (Phi) is 3.96. The smallest absolute Gasteiger partial charge is 0.322 e. The molecule has 1 aromatic carbocycles. The highest BCUT2D eigenvalue weighted by Gasteiger charge is 2.35. The van der Waals surface area contributed by atoms with Crippen molar-refractivity contribution in [2.45, 2.75) is 19.3 Å². The first-order chi connectivity index (χ1) is 12.6. The summed E-state index contributed by atoms with van der Waals surface area (Å²) in [5, 5.41) is 13.9. The second-order valence-corrected chi connectivity index (χ2v) is 5.97. The molecule has 0 aliphatic carbocycles. The Morgan fingerprint density at radius 2 is 2.08 bits per heavy atom. The van der Waals surface area contributed by atoms with Crippen LogP contribution in [0, 0.1) is 6.92 Å². The van der Waals surface area contributed by atoms with E-state index in [1.54, 1.807) is 11.8 Å². The molecule has 3 heterocycles. The van der Waals surface area contributed by atoms with Crippen LogP contribution in [0.25, 0.3) is 0 Å². The molecule has 1 saturated heterocycles. The molecule has 0 spiro atoms. The summed E-state index contributed by atoms with van der Waals surface area (Å²) in [5.74, 6) is -0.418. The third kappa shape index (κ3) is 3.06. The van der Waals surface area contributed by atoms with Crippen LogP contribution in [0.15, 0.2) is 45.3 Å². The Morgan fingerprint density at radius 3 is 2.81 bits per heavy atom. The minimum atomic E-state index is -0.533. The number of anilines is 2. The molecule has 1 fully saturated rings. The highest BCUT2D eigenvalue weighted by molar-refractivity contribution is 6.01. The summed E-state index contributed by atoms with van der Waals surface area (Å²) in [6, 6.07) is 10.8. The fourth-order valence-electron chi connectivity index (χ4n) is 2.81. The molecule has 1 N–H and O–H groups in total. The van der Waals surface area contributed by atoms with Gasteiger partial charge in [-0.1, -0.05) is 28.5 Å². The van der Waals surface area contributed by atoms with Gasteiger partial charge in [-0.25, -0.2) is 0 Å². The molecule has 1 atom stereocenters. The van der Waals surface area contributed by atoms with E-state index in [-0.39, 0.29) is 30.0 Å². The number of aromatic nitrogens is 3. The van der Waals surface area contributed by atoms with Gasteiger partial charge in [-0.05, 0) is 19.1 Å². The van der Waals surface area contributed by atoms with Crippen molar-refractivity contribution in [3.8, 4) is 0 Å². The Labute approximate surface area is 148 Å². The molecule has 4 rings (SSSR count). The summed E-state index contributed by atoms with van der Waals surface area (Å²) < 4.78 is 10.4. The summed E-state index contributed by atoms with van der Waals surface area (Å²) in [6.07, 6.45) is 0.270. The quantitative estimate of drug-likeness (QED) is 0.764. The predicted octanol–water partition coefficient (Wildman–Crippen LogP) is 2.14. The van der Waals surface area contributed by atoms with Crippen LogP contribution < -0.4 is 10.2 Å². The highest BCUT2D eigenvalue weighted by atomic mass is 16.5. The minimum Gasteiger partial charge on any atom is -0.407 e. The van der Waals surface area contributed by atoms with E-state index in [9.17, 15) is 9.59 Å². The van der Waals surface area contributed by atoms with Gasteiger partial charge in [-0.2, -0.15) is 0 Å². The minimum absolute atomic E-state index is 0.0119. The lowest BCUT2D eigenvalue weighted by atomic mass is 10.1. The standard InChI is InChI=1S/C17H15N5O4/c1-10-7-13(26-21-10)15(24)18-17-20-19-16(25-17)11-8-14(23)22(9-11)12-5-3-2-4-6-12/h2-7,11H,8-9H2,1H3,(H,18,20,24). The fourth-order valence-corrected chi connectivity index (χ4v) is 2.81. The molecule has 1 unspecified atom stereocenters. The molecule has 3 aromatic rings. The van der Waals surface area contributed by atoms with E-state index in [4.69, 9.17) is 8.94 Å². The largest absolute Gasteiger partial charge is 0.407 e. The van der Waals surface area contributed by atoms with Gasteiger partial charge >= 0.3 is 6.01 Å². The molecule has 9 nitrogen and oxygen atoms in total. The van der Waals surface area contributed by atoms with Crippen molar-refractivity contribution in [3.05, 3.63) is 53.7 Å². The molecule has 1 aliphatic heterocycles. The first-order valence-electron chi connectivity index (χ1n) is 8.03. The summed E-state index contributed by atoms with van der Waals surface area (Å²) in [6.45, 7) is 2.15. The van der Waals surface area contributed by atoms with Crippen molar-refractivity contribution < 1.29 is 18.5 Å².